The summed E-state index contributed by atoms with van der Waals surface area (Å²) in [5.74, 6) is -2.28. The van der Waals surface area contributed by atoms with E-state index in [-0.39, 0.29) is 24.3 Å². The van der Waals surface area contributed by atoms with E-state index >= 15 is 0 Å². The summed E-state index contributed by atoms with van der Waals surface area (Å²) in [6.07, 6.45) is 3.53. The fourth-order valence-corrected chi connectivity index (χ4v) is 3.88. The van der Waals surface area contributed by atoms with Crippen LogP contribution in [0.15, 0.2) is 24.3 Å². The number of nitrogens with two attached hydrogens (primary N) is 2. The van der Waals surface area contributed by atoms with Gasteiger partial charge < -0.3 is 37.6 Å². The number of benzene rings is 1. The van der Waals surface area contributed by atoms with Crippen molar-refractivity contribution >= 4 is 48.1 Å². The minimum absolute atomic E-state index is 0.0150. The number of carbonyl (C=O) groups excluding carboxylic acids is 3. The first-order chi connectivity index (χ1) is 17.1. The molecule has 0 aromatic heterocycles. The Labute approximate surface area is 220 Å². The summed E-state index contributed by atoms with van der Waals surface area (Å²) in [4.78, 5) is 50.2. The van der Waals surface area contributed by atoms with E-state index in [1.165, 1.54) is 23.9 Å². The van der Waals surface area contributed by atoms with E-state index in [9.17, 15) is 29.4 Å². The van der Waals surface area contributed by atoms with Gasteiger partial charge >= 0.3 is 5.97 Å². The van der Waals surface area contributed by atoms with Crippen molar-refractivity contribution < 1.29 is 29.4 Å². The van der Waals surface area contributed by atoms with Crippen LogP contribution in [0.3, 0.4) is 0 Å². The van der Waals surface area contributed by atoms with Gasteiger partial charge in [-0.2, -0.15) is 24.4 Å². The van der Waals surface area contributed by atoms with E-state index in [0.717, 1.165) is 0 Å². The second-order valence-electron chi connectivity index (χ2n) is 8.25. The predicted octanol–water partition coefficient (Wildman–Crippen LogP) is -0.387. The molecule has 1 rings (SSSR count). The van der Waals surface area contributed by atoms with Crippen molar-refractivity contribution in [3.05, 3.63) is 29.8 Å². The highest BCUT2D eigenvalue weighted by Crippen LogP contribution is 2.12. The van der Waals surface area contributed by atoms with Crippen LogP contribution in [0.1, 0.15) is 31.2 Å². The molecule has 202 valence electrons. The minimum atomic E-state index is -1.25. The molecule has 11 nitrogen and oxygen atoms in total. The number of rotatable bonds is 17. The van der Waals surface area contributed by atoms with Crippen molar-refractivity contribution in [2.75, 3.05) is 24.3 Å². The summed E-state index contributed by atoms with van der Waals surface area (Å²) in [6, 6.07) is 1.88. The Balaban J connectivity index is 2.99. The van der Waals surface area contributed by atoms with Gasteiger partial charge in [-0.3, -0.25) is 14.4 Å². The summed E-state index contributed by atoms with van der Waals surface area (Å²) in [6.45, 7) is 0.398. The largest absolute Gasteiger partial charge is 0.508 e. The number of phenols is 1. The molecule has 0 bridgehead atoms. The molecule has 1 aromatic rings. The number of hydrogen-bond acceptors (Lipinski definition) is 9. The monoisotopic (exact) mass is 543 g/mol. The molecule has 0 saturated heterocycles. The van der Waals surface area contributed by atoms with E-state index in [0.29, 0.717) is 37.1 Å². The number of thiol groups is 1. The number of unbranched alkanes of at least 4 members (excludes halogenated alkanes) is 1. The second-order valence-corrected chi connectivity index (χ2v) is 9.60. The van der Waals surface area contributed by atoms with Crippen molar-refractivity contribution in [2.45, 2.75) is 56.3 Å². The zero-order valence-electron chi connectivity index (χ0n) is 20.3. The maximum atomic E-state index is 13.1. The smallest absolute Gasteiger partial charge is 0.326 e. The number of aliphatic carboxylic acids is 1. The number of carboxylic acids is 1. The zero-order chi connectivity index (χ0) is 27.1. The van der Waals surface area contributed by atoms with Gasteiger partial charge in [0.1, 0.15) is 23.9 Å². The SMILES string of the molecule is CSCCC(NC(=O)C(N)CS)C(=O)NC(CCCCN)C(=O)NC(Cc1ccc(O)cc1)C(=O)O. The van der Waals surface area contributed by atoms with Gasteiger partial charge in [0.05, 0.1) is 6.04 Å². The van der Waals surface area contributed by atoms with E-state index in [4.69, 9.17) is 11.5 Å². The molecular formula is C23H37N5O6S2. The Morgan fingerprint density at radius 1 is 0.944 bits per heavy atom. The molecule has 0 fully saturated rings. The molecule has 36 heavy (non-hydrogen) atoms. The lowest BCUT2D eigenvalue weighted by molar-refractivity contribution is -0.142. The molecule has 9 N–H and O–H groups in total. The molecule has 0 aliphatic heterocycles. The number of hydrogen-bond donors (Lipinski definition) is 8. The highest BCUT2D eigenvalue weighted by Gasteiger charge is 2.30. The van der Waals surface area contributed by atoms with Crippen LogP contribution in [0.5, 0.6) is 5.75 Å². The number of carbonyl (C=O) groups is 4. The normalized spacial score (nSPS) is 14.2. The summed E-state index contributed by atoms with van der Waals surface area (Å²) in [5.41, 5.74) is 11.9. The Bertz CT molecular complexity index is 858. The van der Waals surface area contributed by atoms with Crippen LogP contribution in [-0.2, 0) is 25.6 Å². The first-order valence-corrected chi connectivity index (χ1v) is 13.6. The standard InChI is InChI=1S/C23H37N5O6S2/c1-36-11-9-18(26-20(30)16(25)13-35)22(32)27-17(4-2-3-10-24)21(31)28-19(23(33)34)12-14-5-7-15(29)8-6-14/h5-8,16-19,29,35H,2-4,9-13,24-25H2,1H3,(H,26,30)(H,27,32)(H,28,31)(H,33,34). The third kappa shape index (κ3) is 11.5. The molecule has 0 spiro atoms. The van der Waals surface area contributed by atoms with Gasteiger partial charge in [0.2, 0.25) is 17.7 Å². The van der Waals surface area contributed by atoms with Crippen LogP contribution >= 0.6 is 24.4 Å². The molecule has 3 amide bonds. The first-order valence-electron chi connectivity index (χ1n) is 11.6. The van der Waals surface area contributed by atoms with E-state index < -0.39 is 47.9 Å². The van der Waals surface area contributed by atoms with Crippen molar-refractivity contribution in [1.29, 1.82) is 0 Å². The Hall–Kier alpha value is -2.48. The number of amides is 3. The highest BCUT2D eigenvalue weighted by molar-refractivity contribution is 7.98. The molecule has 0 aliphatic rings. The molecule has 1 aromatic carbocycles. The molecule has 0 saturated carbocycles. The minimum Gasteiger partial charge on any atom is -0.508 e. The van der Waals surface area contributed by atoms with Gasteiger partial charge in [0.15, 0.2) is 0 Å². The van der Waals surface area contributed by atoms with Crippen LogP contribution in [-0.4, -0.2) is 82.4 Å². The summed E-state index contributed by atoms with van der Waals surface area (Å²) >= 11 is 5.50. The van der Waals surface area contributed by atoms with Gasteiger partial charge in [0, 0.05) is 12.2 Å². The van der Waals surface area contributed by atoms with Crippen LogP contribution in [0, 0.1) is 0 Å². The number of aromatic hydroxyl groups is 1. The van der Waals surface area contributed by atoms with Crippen molar-refractivity contribution in [3.8, 4) is 5.75 Å². The van der Waals surface area contributed by atoms with Gasteiger partial charge in [-0.05, 0) is 61.9 Å². The molecule has 0 heterocycles. The Morgan fingerprint density at radius 3 is 2.03 bits per heavy atom. The van der Waals surface area contributed by atoms with Gasteiger partial charge in [-0.1, -0.05) is 12.1 Å². The molecule has 4 atom stereocenters. The first kappa shape index (κ1) is 31.5. The van der Waals surface area contributed by atoms with E-state index in [1.807, 2.05) is 6.26 Å². The maximum Gasteiger partial charge on any atom is 0.326 e. The maximum absolute atomic E-state index is 13.1. The van der Waals surface area contributed by atoms with Crippen LogP contribution < -0.4 is 27.4 Å². The van der Waals surface area contributed by atoms with Crippen LogP contribution in [0.25, 0.3) is 0 Å². The number of carboxylic acid groups (broad SMARTS) is 1. The van der Waals surface area contributed by atoms with Crippen LogP contribution in [0.4, 0.5) is 0 Å². The lowest BCUT2D eigenvalue weighted by Gasteiger charge is -2.25. The number of thioether (sulfide) groups is 1. The molecule has 0 aliphatic carbocycles. The van der Waals surface area contributed by atoms with Gasteiger partial charge in [-0.25, -0.2) is 4.79 Å². The molecule has 0 radical (unpaired) electrons. The van der Waals surface area contributed by atoms with Gasteiger partial charge in [0.25, 0.3) is 0 Å². The van der Waals surface area contributed by atoms with E-state index in [1.54, 1.807) is 12.1 Å². The summed E-state index contributed by atoms with van der Waals surface area (Å²) in [5, 5.41) is 26.8. The van der Waals surface area contributed by atoms with Crippen molar-refractivity contribution in [1.82, 2.24) is 16.0 Å². The quantitative estimate of drug-likeness (QED) is 0.0953. The Kier molecular flexibility index (Phi) is 14.9. The van der Waals surface area contributed by atoms with Crippen molar-refractivity contribution in [3.63, 3.8) is 0 Å². The molecular weight excluding hydrogens is 506 g/mol. The van der Waals surface area contributed by atoms with E-state index in [2.05, 4.69) is 28.6 Å². The third-order valence-electron chi connectivity index (χ3n) is 5.35. The number of nitrogens with one attached hydrogen (secondary N) is 3. The molecule has 13 heteroatoms. The lowest BCUT2D eigenvalue weighted by atomic mass is 10.0. The molecule has 4 unspecified atom stereocenters. The highest BCUT2D eigenvalue weighted by atomic mass is 32.2. The number of phenolic OH excluding ortho intramolecular Hbond substituents is 1. The van der Waals surface area contributed by atoms with Crippen molar-refractivity contribution in [2.24, 2.45) is 11.5 Å². The van der Waals surface area contributed by atoms with Crippen LogP contribution in [0.2, 0.25) is 0 Å². The summed E-state index contributed by atoms with van der Waals surface area (Å²) < 4.78 is 0. The average Bonchev–Trinajstić information content (AvgIpc) is 2.85. The fourth-order valence-electron chi connectivity index (χ4n) is 3.24. The summed E-state index contributed by atoms with van der Waals surface area (Å²) in [7, 11) is 0. The Morgan fingerprint density at radius 2 is 1.50 bits per heavy atom. The third-order valence-corrected chi connectivity index (χ3v) is 6.39. The topological polar surface area (TPSA) is 197 Å². The average molecular weight is 544 g/mol. The second kappa shape index (κ2) is 17.1. The van der Waals surface area contributed by atoms with Gasteiger partial charge in [-0.15, -0.1) is 0 Å². The zero-order valence-corrected chi connectivity index (χ0v) is 22.0. The predicted molar refractivity (Wildman–Crippen MR) is 143 cm³/mol. The lowest BCUT2D eigenvalue weighted by Crippen LogP contribution is -2.57. The fraction of sp³-hybridized carbons (Fsp3) is 0.565.